The Bertz CT molecular complexity index is 291. The van der Waals surface area contributed by atoms with Gasteiger partial charge in [-0.25, -0.2) is 0 Å². The van der Waals surface area contributed by atoms with Crippen LogP contribution in [-0.2, 0) is 19.0 Å². The summed E-state index contributed by atoms with van der Waals surface area (Å²) in [6, 6.07) is 0. The van der Waals surface area contributed by atoms with Gasteiger partial charge in [0.15, 0.2) is 5.79 Å². The lowest BCUT2D eigenvalue weighted by Crippen LogP contribution is -2.53. The molecule has 1 heterocycles. The largest absolute Gasteiger partial charge is 0.468 e. The third-order valence-electron chi connectivity index (χ3n) is 3.25. The van der Waals surface area contributed by atoms with Gasteiger partial charge in [-0.05, 0) is 13.3 Å². The predicted octanol–water partition coefficient (Wildman–Crippen LogP) is 1.26. The molecule has 0 aromatic rings. The molecule has 15 heavy (non-hydrogen) atoms. The van der Waals surface area contributed by atoms with Crippen LogP contribution in [0.25, 0.3) is 0 Å². The molecule has 1 fully saturated rings. The van der Waals surface area contributed by atoms with Crippen LogP contribution in [-0.4, -0.2) is 32.1 Å². The van der Waals surface area contributed by atoms with E-state index >= 15 is 0 Å². The molecule has 0 amide bonds. The molecule has 1 aliphatic heterocycles. The van der Waals surface area contributed by atoms with Crippen LogP contribution in [0.15, 0.2) is 12.2 Å². The van der Waals surface area contributed by atoms with Gasteiger partial charge in [-0.1, -0.05) is 12.2 Å². The molecular weight excluding hydrogens is 196 g/mol. The number of allylic oxidation sites excluding steroid dienone is 1. The molecule has 4 heteroatoms. The van der Waals surface area contributed by atoms with Crippen LogP contribution >= 0.6 is 0 Å². The Balaban J connectivity index is 2.36. The normalized spacial score (nSPS) is 33.2. The number of hydrogen-bond donors (Lipinski definition) is 0. The van der Waals surface area contributed by atoms with Crippen LogP contribution in [0.2, 0.25) is 0 Å². The topological polar surface area (TPSA) is 44.8 Å². The van der Waals surface area contributed by atoms with E-state index in [4.69, 9.17) is 14.2 Å². The molecule has 0 N–H and O–H groups in total. The second kappa shape index (κ2) is 3.61. The fourth-order valence-corrected chi connectivity index (χ4v) is 2.31. The molecule has 2 aliphatic rings. The van der Waals surface area contributed by atoms with Crippen molar-refractivity contribution in [3.8, 4) is 0 Å². The lowest BCUT2D eigenvalue weighted by Gasteiger charge is -2.42. The Labute approximate surface area is 89.2 Å². The minimum atomic E-state index is -0.823. The molecule has 1 aliphatic carbocycles. The van der Waals surface area contributed by atoms with Crippen molar-refractivity contribution in [2.75, 3.05) is 20.3 Å². The molecule has 0 aromatic carbocycles. The van der Waals surface area contributed by atoms with Crippen molar-refractivity contribution in [1.29, 1.82) is 0 Å². The van der Waals surface area contributed by atoms with Gasteiger partial charge >= 0.3 is 5.97 Å². The van der Waals surface area contributed by atoms with Crippen molar-refractivity contribution >= 4 is 5.97 Å². The third kappa shape index (κ3) is 1.40. The predicted molar refractivity (Wildman–Crippen MR) is 53.1 cm³/mol. The molecule has 0 radical (unpaired) electrons. The van der Waals surface area contributed by atoms with E-state index in [2.05, 4.69) is 0 Å². The van der Waals surface area contributed by atoms with Crippen molar-refractivity contribution < 1.29 is 19.0 Å². The van der Waals surface area contributed by atoms with Crippen molar-refractivity contribution in [1.82, 2.24) is 0 Å². The summed E-state index contributed by atoms with van der Waals surface area (Å²) in [5.41, 5.74) is -0.823. The first-order chi connectivity index (χ1) is 7.15. The van der Waals surface area contributed by atoms with Gasteiger partial charge in [-0.3, -0.25) is 4.79 Å². The van der Waals surface area contributed by atoms with Crippen LogP contribution < -0.4 is 0 Å². The molecule has 1 spiro atoms. The Morgan fingerprint density at radius 3 is 2.67 bits per heavy atom. The van der Waals surface area contributed by atoms with Crippen LogP contribution in [0.4, 0.5) is 0 Å². The fourth-order valence-electron chi connectivity index (χ4n) is 2.31. The number of esters is 1. The first kappa shape index (κ1) is 10.6. The van der Waals surface area contributed by atoms with E-state index in [1.165, 1.54) is 7.11 Å². The fraction of sp³-hybridized carbons (Fsp3) is 0.727. The van der Waals surface area contributed by atoms with Gasteiger partial charge in [0.1, 0.15) is 5.41 Å². The van der Waals surface area contributed by atoms with Gasteiger partial charge in [0.05, 0.1) is 20.3 Å². The molecule has 0 unspecified atom stereocenters. The molecular formula is C11H16O4. The van der Waals surface area contributed by atoms with Crippen molar-refractivity contribution in [2.24, 2.45) is 5.41 Å². The summed E-state index contributed by atoms with van der Waals surface area (Å²) in [5.74, 6) is -1.12. The molecule has 2 rings (SSSR count). The molecule has 0 aromatic heterocycles. The standard InChI is InChI=1S/C11H16O4/c1-10(9(12)13-2)5-3-4-6-11(10)14-7-8-15-11/h3,5H,4,6-8H2,1-2H3/t10-/m0/s1. The maximum absolute atomic E-state index is 11.8. The molecule has 4 nitrogen and oxygen atoms in total. The van der Waals surface area contributed by atoms with Crippen LogP contribution in [0, 0.1) is 5.41 Å². The van der Waals surface area contributed by atoms with Crippen LogP contribution in [0.5, 0.6) is 0 Å². The average Bonchev–Trinajstić information content (AvgIpc) is 2.71. The van der Waals surface area contributed by atoms with E-state index in [0.717, 1.165) is 6.42 Å². The van der Waals surface area contributed by atoms with Crippen LogP contribution in [0.1, 0.15) is 19.8 Å². The Kier molecular flexibility index (Phi) is 2.56. The van der Waals surface area contributed by atoms with Gasteiger partial charge in [0.25, 0.3) is 0 Å². The summed E-state index contributed by atoms with van der Waals surface area (Å²) < 4.78 is 16.1. The highest BCUT2D eigenvalue weighted by molar-refractivity contribution is 5.80. The molecule has 1 atom stereocenters. The number of carbonyl (C=O) groups is 1. The smallest absolute Gasteiger partial charge is 0.320 e. The molecule has 84 valence electrons. The second-order valence-corrected chi connectivity index (χ2v) is 4.08. The first-order valence-electron chi connectivity index (χ1n) is 5.19. The lowest BCUT2D eigenvalue weighted by molar-refractivity contribution is -0.232. The number of carbonyl (C=O) groups excluding carboxylic acids is 1. The molecule has 0 bridgehead atoms. The van der Waals surface area contributed by atoms with E-state index in [9.17, 15) is 4.79 Å². The van der Waals surface area contributed by atoms with Gasteiger partial charge in [0.2, 0.25) is 0 Å². The maximum Gasteiger partial charge on any atom is 0.320 e. The summed E-state index contributed by atoms with van der Waals surface area (Å²) >= 11 is 0. The summed E-state index contributed by atoms with van der Waals surface area (Å²) in [5, 5.41) is 0. The SMILES string of the molecule is COC(=O)[C@]1(C)C=CCCC12OCCO2. The Hall–Kier alpha value is -0.870. The van der Waals surface area contributed by atoms with Crippen LogP contribution in [0.3, 0.4) is 0 Å². The summed E-state index contributed by atoms with van der Waals surface area (Å²) in [4.78, 5) is 11.8. The summed E-state index contributed by atoms with van der Waals surface area (Å²) in [7, 11) is 1.39. The minimum absolute atomic E-state index is 0.305. The number of ether oxygens (including phenoxy) is 3. The Morgan fingerprint density at radius 1 is 1.40 bits per heavy atom. The lowest BCUT2D eigenvalue weighted by atomic mass is 9.75. The van der Waals surface area contributed by atoms with Crippen molar-refractivity contribution in [2.45, 2.75) is 25.6 Å². The van der Waals surface area contributed by atoms with E-state index in [1.54, 1.807) is 6.92 Å². The van der Waals surface area contributed by atoms with Gasteiger partial charge < -0.3 is 14.2 Å². The van der Waals surface area contributed by atoms with E-state index < -0.39 is 11.2 Å². The molecule has 0 saturated carbocycles. The second-order valence-electron chi connectivity index (χ2n) is 4.08. The van der Waals surface area contributed by atoms with Gasteiger partial charge in [-0.2, -0.15) is 0 Å². The summed E-state index contributed by atoms with van der Waals surface area (Å²) in [6.45, 7) is 2.89. The highest BCUT2D eigenvalue weighted by Crippen LogP contribution is 2.46. The zero-order chi connectivity index (χ0) is 10.9. The zero-order valence-electron chi connectivity index (χ0n) is 9.12. The van der Waals surface area contributed by atoms with E-state index in [0.29, 0.717) is 19.6 Å². The van der Waals surface area contributed by atoms with Crippen molar-refractivity contribution in [3.05, 3.63) is 12.2 Å². The number of rotatable bonds is 1. The zero-order valence-corrected chi connectivity index (χ0v) is 9.12. The first-order valence-corrected chi connectivity index (χ1v) is 5.19. The van der Waals surface area contributed by atoms with E-state index in [-0.39, 0.29) is 5.97 Å². The van der Waals surface area contributed by atoms with Gasteiger partial charge in [0, 0.05) is 6.42 Å². The quantitative estimate of drug-likeness (QED) is 0.485. The summed E-state index contributed by atoms with van der Waals surface area (Å²) in [6.07, 6.45) is 5.39. The molecule has 1 saturated heterocycles. The maximum atomic E-state index is 11.8. The third-order valence-corrected chi connectivity index (χ3v) is 3.25. The minimum Gasteiger partial charge on any atom is -0.468 e. The highest BCUT2D eigenvalue weighted by Gasteiger charge is 2.57. The highest BCUT2D eigenvalue weighted by atomic mass is 16.7. The number of methoxy groups -OCH3 is 1. The van der Waals surface area contributed by atoms with Gasteiger partial charge in [-0.15, -0.1) is 0 Å². The monoisotopic (exact) mass is 212 g/mol. The average molecular weight is 212 g/mol. The van der Waals surface area contributed by atoms with E-state index in [1.807, 2.05) is 12.2 Å². The Morgan fingerprint density at radius 2 is 2.07 bits per heavy atom. The van der Waals surface area contributed by atoms with Crippen molar-refractivity contribution in [3.63, 3.8) is 0 Å². The number of hydrogen-bond acceptors (Lipinski definition) is 4.